The molecule has 102 valence electrons. The second-order valence-corrected chi connectivity index (χ2v) is 5.82. The van der Waals surface area contributed by atoms with Crippen LogP contribution in [0.25, 0.3) is 0 Å². The first-order chi connectivity index (χ1) is 8.48. The van der Waals surface area contributed by atoms with E-state index in [1.807, 2.05) is 13.8 Å². The molecule has 0 aliphatic carbocycles. The highest BCUT2D eigenvalue weighted by Gasteiger charge is 2.19. The molecule has 0 aliphatic heterocycles. The van der Waals surface area contributed by atoms with Crippen molar-refractivity contribution < 1.29 is 14.6 Å². The number of rotatable bonds is 7. The zero-order valence-electron chi connectivity index (χ0n) is 11.0. The number of hydrogen-bond acceptors (Lipinski definition) is 5. The number of aromatic nitrogens is 1. The zero-order chi connectivity index (χ0) is 13.6. The largest absolute Gasteiger partial charge is 0.396 e. The number of carbonyl (C=O) groups is 1. The Kier molecular flexibility index (Phi) is 5.71. The Morgan fingerprint density at radius 3 is 2.94 bits per heavy atom. The first kappa shape index (κ1) is 15.1. The van der Waals surface area contributed by atoms with Crippen LogP contribution in [0.5, 0.6) is 0 Å². The molecule has 6 heteroatoms. The molecule has 0 bridgehead atoms. The van der Waals surface area contributed by atoms with Gasteiger partial charge in [0.25, 0.3) is 5.91 Å². The second kappa shape index (κ2) is 6.82. The minimum Gasteiger partial charge on any atom is -0.396 e. The highest BCUT2D eigenvalue weighted by molar-refractivity contribution is 7.09. The third kappa shape index (κ3) is 4.72. The molecule has 0 aliphatic rings. The molecular weight excluding hydrogens is 252 g/mol. The van der Waals surface area contributed by atoms with E-state index in [4.69, 9.17) is 9.84 Å². The lowest BCUT2D eigenvalue weighted by molar-refractivity contribution is 0.0923. The maximum Gasteiger partial charge on any atom is 0.270 e. The molecule has 0 saturated heterocycles. The summed E-state index contributed by atoms with van der Waals surface area (Å²) in [5.74, 6) is -0.181. The fourth-order valence-electron chi connectivity index (χ4n) is 1.41. The normalized spacial score (nSPS) is 11.6. The monoisotopic (exact) mass is 272 g/mol. The summed E-state index contributed by atoms with van der Waals surface area (Å²) in [6.45, 7) is 5.07. The van der Waals surface area contributed by atoms with E-state index in [1.165, 1.54) is 11.3 Å². The van der Waals surface area contributed by atoms with Gasteiger partial charge in [-0.25, -0.2) is 4.98 Å². The van der Waals surface area contributed by atoms with E-state index >= 15 is 0 Å². The Balaban J connectivity index is 2.49. The van der Waals surface area contributed by atoms with Crippen molar-refractivity contribution in [1.82, 2.24) is 10.3 Å². The van der Waals surface area contributed by atoms with Crippen LogP contribution in [0.1, 0.15) is 35.8 Å². The van der Waals surface area contributed by atoms with Gasteiger partial charge < -0.3 is 15.2 Å². The van der Waals surface area contributed by atoms with Gasteiger partial charge in [-0.2, -0.15) is 0 Å². The minimum atomic E-state index is -0.181. The smallest absolute Gasteiger partial charge is 0.270 e. The van der Waals surface area contributed by atoms with E-state index in [0.717, 1.165) is 5.01 Å². The fraction of sp³-hybridized carbons (Fsp3) is 0.667. The van der Waals surface area contributed by atoms with Crippen LogP contribution in [0.15, 0.2) is 5.38 Å². The number of hydrogen-bond donors (Lipinski definition) is 2. The van der Waals surface area contributed by atoms with Gasteiger partial charge in [0.2, 0.25) is 0 Å². The molecular formula is C12H20N2O3S. The summed E-state index contributed by atoms with van der Waals surface area (Å²) in [6, 6.07) is 0. The molecule has 0 fully saturated rings. The van der Waals surface area contributed by atoms with Crippen LogP contribution in [-0.4, -0.2) is 36.3 Å². The van der Waals surface area contributed by atoms with E-state index in [2.05, 4.69) is 10.3 Å². The number of aliphatic hydroxyl groups excluding tert-OH is 1. The number of nitrogens with one attached hydrogen (secondary N) is 1. The van der Waals surface area contributed by atoms with Crippen molar-refractivity contribution in [1.29, 1.82) is 0 Å². The van der Waals surface area contributed by atoms with Gasteiger partial charge in [0.15, 0.2) is 0 Å². The molecule has 0 atom stereocenters. The maximum absolute atomic E-state index is 11.8. The highest BCUT2D eigenvalue weighted by atomic mass is 32.1. The van der Waals surface area contributed by atoms with E-state index in [9.17, 15) is 4.79 Å². The van der Waals surface area contributed by atoms with Crippen LogP contribution in [0.3, 0.4) is 0 Å². The summed E-state index contributed by atoms with van der Waals surface area (Å²) >= 11 is 1.41. The molecule has 0 saturated carbocycles. The topological polar surface area (TPSA) is 71.5 Å². The number of carbonyl (C=O) groups excluding carboxylic acids is 1. The molecule has 1 aromatic rings. The Hall–Kier alpha value is -0.980. The molecule has 2 N–H and O–H groups in total. The second-order valence-electron chi connectivity index (χ2n) is 4.88. The Labute approximate surface area is 111 Å². The third-order valence-corrected chi connectivity index (χ3v) is 3.39. The van der Waals surface area contributed by atoms with Crippen molar-refractivity contribution in [2.24, 2.45) is 5.41 Å². The predicted molar refractivity (Wildman–Crippen MR) is 70.6 cm³/mol. The van der Waals surface area contributed by atoms with Gasteiger partial charge in [-0.15, -0.1) is 11.3 Å². The average Bonchev–Trinajstić information content (AvgIpc) is 2.75. The van der Waals surface area contributed by atoms with Gasteiger partial charge in [-0.3, -0.25) is 4.79 Å². The summed E-state index contributed by atoms with van der Waals surface area (Å²) in [7, 11) is 1.60. The van der Waals surface area contributed by atoms with Gasteiger partial charge in [-0.05, 0) is 11.8 Å². The van der Waals surface area contributed by atoms with E-state index in [0.29, 0.717) is 25.3 Å². The van der Waals surface area contributed by atoms with Gasteiger partial charge in [0, 0.05) is 25.6 Å². The standard InChI is InChI=1S/C12H20N2O3S/c1-12(2,4-5-15)8-13-11(16)9-7-18-10(14-9)6-17-3/h7,15H,4-6,8H2,1-3H3,(H,13,16). The van der Waals surface area contributed by atoms with Crippen molar-refractivity contribution in [2.75, 3.05) is 20.3 Å². The lowest BCUT2D eigenvalue weighted by Gasteiger charge is -2.23. The Morgan fingerprint density at radius 2 is 2.33 bits per heavy atom. The van der Waals surface area contributed by atoms with Gasteiger partial charge in [0.1, 0.15) is 10.7 Å². The van der Waals surface area contributed by atoms with Crippen molar-refractivity contribution >= 4 is 17.2 Å². The molecule has 5 nitrogen and oxygen atoms in total. The first-order valence-electron chi connectivity index (χ1n) is 5.81. The molecule has 1 amide bonds. The third-order valence-electron chi connectivity index (χ3n) is 2.57. The van der Waals surface area contributed by atoms with Crippen molar-refractivity contribution in [3.05, 3.63) is 16.1 Å². The van der Waals surface area contributed by atoms with E-state index in [-0.39, 0.29) is 17.9 Å². The predicted octanol–water partition coefficient (Wildman–Crippen LogP) is 1.43. The quantitative estimate of drug-likeness (QED) is 0.787. The summed E-state index contributed by atoms with van der Waals surface area (Å²) < 4.78 is 4.96. The van der Waals surface area contributed by atoms with Crippen LogP contribution < -0.4 is 5.32 Å². The van der Waals surface area contributed by atoms with Gasteiger partial charge >= 0.3 is 0 Å². The molecule has 1 heterocycles. The van der Waals surface area contributed by atoms with Crippen molar-refractivity contribution in [3.63, 3.8) is 0 Å². The number of thiazole rings is 1. The summed E-state index contributed by atoms with van der Waals surface area (Å²) in [5.41, 5.74) is 0.308. The number of nitrogens with zero attached hydrogens (tertiary/aromatic N) is 1. The van der Waals surface area contributed by atoms with Crippen LogP contribution >= 0.6 is 11.3 Å². The zero-order valence-corrected chi connectivity index (χ0v) is 11.8. The van der Waals surface area contributed by atoms with E-state index in [1.54, 1.807) is 12.5 Å². The Bertz CT molecular complexity index is 390. The summed E-state index contributed by atoms with van der Waals surface area (Å²) in [5, 5.41) is 14.3. The maximum atomic E-state index is 11.8. The SMILES string of the molecule is COCc1nc(C(=O)NCC(C)(C)CCO)cs1. The first-order valence-corrected chi connectivity index (χ1v) is 6.69. The average molecular weight is 272 g/mol. The van der Waals surface area contributed by atoms with Crippen LogP contribution in [0.2, 0.25) is 0 Å². The van der Waals surface area contributed by atoms with Crippen LogP contribution in [-0.2, 0) is 11.3 Å². The van der Waals surface area contributed by atoms with Crippen molar-refractivity contribution in [3.8, 4) is 0 Å². The van der Waals surface area contributed by atoms with Crippen LogP contribution in [0, 0.1) is 5.41 Å². The number of aliphatic hydroxyl groups is 1. The molecule has 0 radical (unpaired) electrons. The van der Waals surface area contributed by atoms with E-state index < -0.39 is 0 Å². The molecule has 1 aromatic heterocycles. The summed E-state index contributed by atoms with van der Waals surface area (Å²) in [6.07, 6.45) is 0.652. The number of methoxy groups -OCH3 is 1. The fourth-order valence-corrected chi connectivity index (χ4v) is 2.15. The minimum absolute atomic E-state index is 0.115. The van der Waals surface area contributed by atoms with Gasteiger partial charge in [-0.1, -0.05) is 13.8 Å². The molecule has 18 heavy (non-hydrogen) atoms. The summed E-state index contributed by atoms with van der Waals surface area (Å²) in [4.78, 5) is 16.0. The molecule has 0 spiro atoms. The lowest BCUT2D eigenvalue weighted by atomic mass is 9.90. The lowest BCUT2D eigenvalue weighted by Crippen LogP contribution is -2.34. The van der Waals surface area contributed by atoms with Crippen molar-refractivity contribution in [2.45, 2.75) is 26.9 Å². The molecule has 0 unspecified atom stereocenters. The van der Waals surface area contributed by atoms with Gasteiger partial charge in [0.05, 0.1) is 6.61 Å². The number of ether oxygens (including phenoxy) is 1. The molecule has 1 rings (SSSR count). The Morgan fingerprint density at radius 1 is 1.61 bits per heavy atom. The molecule has 0 aromatic carbocycles. The number of amides is 1. The highest BCUT2D eigenvalue weighted by Crippen LogP contribution is 2.18. The van der Waals surface area contributed by atoms with Crippen LogP contribution in [0.4, 0.5) is 0 Å².